The smallest absolute Gasteiger partial charge is 0.319 e. The maximum atomic E-state index is 11.7. The average molecular weight is 265 g/mol. The molecule has 1 rings (SSSR count). The highest BCUT2D eigenvalue weighted by molar-refractivity contribution is 5.93. The summed E-state index contributed by atoms with van der Waals surface area (Å²) >= 11 is 0. The third kappa shape index (κ3) is 4.59. The summed E-state index contributed by atoms with van der Waals surface area (Å²) < 4.78 is 0. The van der Waals surface area contributed by atoms with Crippen LogP contribution in [0.5, 0.6) is 0 Å². The Morgan fingerprint density at radius 3 is 2.53 bits per heavy atom. The number of rotatable bonds is 4. The van der Waals surface area contributed by atoms with Crippen molar-refractivity contribution >= 4 is 17.6 Å². The second-order valence-electron chi connectivity index (χ2n) is 4.24. The Labute approximate surface area is 112 Å². The van der Waals surface area contributed by atoms with E-state index in [2.05, 4.69) is 16.0 Å². The van der Waals surface area contributed by atoms with Crippen LogP contribution < -0.4 is 16.0 Å². The monoisotopic (exact) mass is 265 g/mol. The molecule has 0 fully saturated rings. The zero-order chi connectivity index (χ0) is 14.4. The van der Waals surface area contributed by atoms with Gasteiger partial charge in [0.1, 0.15) is 6.04 Å². The van der Waals surface area contributed by atoms with Crippen molar-refractivity contribution < 1.29 is 14.7 Å². The molecule has 1 aromatic rings. The minimum atomic E-state index is -0.620. The van der Waals surface area contributed by atoms with E-state index in [0.717, 1.165) is 0 Å². The number of likely N-dealkylation sites (N-methyl/N-ethyl adjacent to an activating group) is 1. The van der Waals surface area contributed by atoms with Gasteiger partial charge in [-0.15, -0.1) is 0 Å². The predicted molar refractivity (Wildman–Crippen MR) is 72.8 cm³/mol. The van der Waals surface area contributed by atoms with Crippen LogP contribution in [-0.4, -0.2) is 30.1 Å². The number of hydrogen-bond donors (Lipinski definition) is 4. The summed E-state index contributed by atoms with van der Waals surface area (Å²) in [6.45, 7) is 3.23. The van der Waals surface area contributed by atoms with Crippen LogP contribution in [0.1, 0.15) is 25.5 Å². The van der Waals surface area contributed by atoms with E-state index in [1.807, 2.05) is 0 Å². The second kappa shape index (κ2) is 6.75. The zero-order valence-corrected chi connectivity index (χ0v) is 11.2. The molecule has 0 aliphatic carbocycles. The molecule has 2 atom stereocenters. The van der Waals surface area contributed by atoms with Gasteiger partial charge in [0.05, 0.1) is 6.10 Å². The van der Waals surface area contributed by atoms with Crippen LogP contribution in [0.15, 0.2) is 24.3 Å². The Kier molecular flexibility index (Phi) is 5.32. The van der Waals surface area contributed by atoms with Gasteiger partial charge in [-0.1, -0.05) is 12.1 Å². The van der Waals surface area contributed by atoms with Gasteiger partial charge >= 0.3 is 6.03 Å². The van der Waals surface area contributed by atoms with Gasteiger partial charge in [-0.2, -0.15) is 0 Å². The fraction of sp³-hybridized carbons (Fsp3) is 0.385. The number of hydrogen-bond acceptors (Lipinski definition) is 3. The van der Waals surface area contributed by atoms with Gasteiger partial charge < -0.3 is 21.1 Å². The summed E-state index contributed by atoms with van der Waals surface area (Å²) in [5.74, 6) is -0.270. The predicted octanol–water partition coefficient (Wildman–Crippen LogP) is 0.996. The molecule has 1 aromatic carbocycles. The summed E-state index contributed by atoms with van der Waals surface area (Å²) in [5, 5.41) is 17.0. The van der Waals surface area contributed by atoms with Gasteiger partial charge in [-0.3, -0.25) is 4.79 Å². The van der Waals surface area contributed by atoms with Crippen molar-refractivity contribution in [3.8, 4) is 0 Å². The first kappa shape index (κ1) is 15.0. The minimum absolute atomic E-state index is 0.270. The number of nitrogens with one attached hydrogen (secondary N) is 3. The van der Waals surface area contributed by atoms with E-state index in [1.165, 1.54) is 7.05 Å². The Hall–Kier alpha value is -2.08. The number of anilines is 1. The fourth-order valence-corrected chi connectivity index (χ4v) is 1.52. The lowest BCUT2D eigenvalue weighted by atomic mass is 10.1. The van der Waals surface area contributed by atoms with Crippen LogP contribution in [0.4, 0.5) is 10.5 Å². The first-order chi connectivity index (χ1) is 8.93. The molecule has 0 heterocycles. The van der Waals surface area contributed by atoms with Crippen molar-refractivity contribution in [2.75, 3.05) is 12.4 Å². The molecule has 0 radical (unpaired) electrons. The molecule has 0 saturated heterocycles. The van der Waals surface area contributed by atoms with Crippen molar-refractivity contribution in [1.82, 2.24) is 10.6 Å². The second-order valence-corrected chi connectivity index (χ2v) is 4.24. The Morgan fingerprint density at radius 2 is 1.95 bits per heavy atom. The normalized spacial score (nSPS) is 13.3. The lowest BCUT2D eigenvalue weighted by Gasteiger charge is -2.14. The maximum absolute atomic E-state index is 11.7. The highest BCUT2D eigenvalue weighted by Crippen LogP contribution is 2.16. The van der Waals surface area contributed by atoms with Gasteiger partial charge in [-0.25, -0.2) is 4.79 Å². The number of aliphatic hydroxyl groups excluding tert-OH is 1. The summed E-state index contributed by atoms with van der Waals surface area (Å²) in [6, 6.07) is 5.79. The van der Waals surface area contributed by atoms with Crippen LogP contribution in [0.2, 0.25) is 0 Å². The van der Waals surface area contributed by atoms with Crippen LogP contribution in [-0.2, 0) is 4.79 Å². The van der Waals surface area contributed by atoms with Crippen molar-refractivity contribution in [1.29, 1.82) is 0 Å². The van der Waals surface area contributed by atoms with Gasteiger partial charge in [-0.05, 0) is 31.5 Å². The van der Waals surface area contributed by atoms with Crippen molar-refractivity contribution in [2.45, 2.75) is 26.0 Å². The number of aliphatic hydroxyl groups is 1. The fourth-order valence-electron chi connectivity index (χ4n) is 1.52. The van der Waals surface area contributed by atoms with E-state index in [9.17, 15) is 14.7 Å². The van der Waals surface area contributed by atoms with Gasteiger partial charge in [0.15, 0.2) is 0 Å². The Bertz CT molecular complexity index is 460. The maximum Gasteiger partial charge on any atom is 0.319 e. The number of amides is 3. The molecule has 2 unspecified atom stereocenters. The van der Waals surface area contributed by atoms with Gasteiger partial charge in [0.2, 0.25) is 5.91 Å². The molecule has 0 aliphatic heterocycles. The molecule has 0 saturated carbocycles. The van der Waals surface area contributed by atoms with E-state index in [-0.39, 0.29) is 5.91 Å². The molecule has 0 aromatic heterocycles. The molecule has 19 heavy (non-hydrogen) atoms. The number of carbonyl (C=O) groups excluding carboxylic acids is 2. The lowest BCUT2D eigenvalue weighted by Crippen LogP contribution is -2.45. The Morgan fingerprint density at radius 1 is 1.26 bits per heavy atom. The van der Waals surface area contributed by atoms with Crippen LogP contribution in [0.3, 0.4) is 0 Å². The van der Waals surface area contributed by atoms with Crippen molar-refractivity contribution in [3.05, 3.63) is 29.8 Å². The van der Waals surface area contributed by atoms with Crippen molar-refractivity contribution in [3.63, 3.8) is 0 Å². The molecule has 4 N–H and O–H groups in total. The number of urea groups is 1. The summed E-state index contributed by atoms with van der Waals surface area (Å²) in [5.41, 5.74) is 1.26. The highest BCUT2D eigenvalue weighted by Gasteiger charge is 2.13. The van der Waals surface area contributed by atoms with Crippen LogP contribution in [0, 0.1) is 0 Å². The quantitative estimate of drug-likeness (QED) is 0.654. The van der Waals surface area contributed by atoms with E-state index >= 15 is 0 Å². The average Bonchev–Trinajstić information content (AvgIpc) is 2.37. The topological polar surface area (TPSA) is 90.5 Å². The summed E-state index contributed by atoms with van der Waals surface area (Å²) in [4.78, 5) is 22.9. The third-order valence-electron chi connectivity index (χ3n) is 2.61. The summed E-state index contributed by atoms with van der Waals surface area (Å²) in [6.07, 6.45) is -0.602. The minimum Gasteiger partial charge on any atom is -0.389 e. The third-order valence-corrected chi connectivity index (χ3v) is 2.61. The molecule has 0 spiro atoms. The molecule has 0 bridgehead atoms. The van der Waals surface area contributed by atoms with Crippen molar-refractivity contribution in [2.24, 2.45) is 0 Å². The summed E-state index contributed by atoms with van der Waals surface area (Å²) in [7, 11) is 1.50. The SMILES string of the molecule is CNC(=O)C(C)NC(=O)Nc1cccc(C(C)O)c1. The highest BCUT2D eigenvalue weighted by atomic mass is 16.3. The van der Waals surface area contributed by atoms with E-state index < -0.39 is 18.2 Å². The molecule has 3 amide bonds. The molecule has 6 heteroatoms. The first-order valence-corrected chi connectivity index (χ1v) is 6.01. The van der Waals surface area contributed by atoms with Crippen LogP contribution >= 0.6 is 0 Å². The lowest BCUT2D eigenvalue weighted by molar-refractivity contribution is -0.122. The molecular weight excluding hydrogens is 246 g/mol. The standard InChI is InChI=1S/C13H19N3O3/c1-8(12(18)14-3)15-13(19)16-11-6-4-5-10(7-11)9(2)17/h4-9,17H,1-3H3,(H,14,18)(H2,15,16,19). The number of benzene rings is 1. The van der Waals surface area contributed by atoms with Gasteiger partial charge in [0, 0.05) is 12.7 Å². The van der Waals surface area contributed by atoms with Crippen LogP contribution in [0.25, 0.3) is 0 Å². The molecule has 104 valence electrons. The van der Waals surface area contributed by atoms with E-state index in [4.69, 9.17) is 0 Å². The van der Waals surface area contributed by atoms with E-state index in [0.29, 0.717) is 11.3 Å². The molecule has 0 aliphatic rings. The molecule has 6 nitrogen and oxygen atoms in total. The van der Waals surface area contributed by atoms with Gasteiger partial charge in [0.25, 0.3) is 0 Å². The van der Waals surface area contributed by atoms with E-state index in [1.54, 1.807) is 38.1 Å². The first-order valence-electron chi connectivity index (χ1n) is 6.01. The molecular formula is C13H19N3O3. The largest absolute Gasteiger partial charge is 0.389 e. The Balaban J connectivity index is 2.62. The number of carbonyl (C=O) groups is 2. The zero-order valence-electron chi connectivity index (χ0n) is 11.2.